The van der Waals surface area contributed by atoms with E-state index in [9.17, 15) is 4.79 Å². The van der Waals surface area contributed by atoms with Gasteiger partial charge in [0, 0.05) is 19.0 Å². The maximum Gasteiger partial charge on any atom is 0.260 e. The molecule has 0 amide bonds. The first kappa shape index (κ1) is 20.5. The van der Waals surface area contributed by atoms with E-state index < -0.39 is 0 Å². The second-order valence-corrected chi connectivity index (χ2v) is 9.17. The van der Waals surface area contributed by atoms with Crippen LogP contribution in [0.1, 0.15) is 36.5 Å². The Balaban J connectivity index is 1.86. The highest BCUT2D eigenvalue weighted by molar-refractivity contribution is 7.98. The minimum Gasteiger partial charge on any atom is -0.368 e. The van der Waals surface area contributed by atoms with E-state index in [-0.39, 0.29) is 11.5 Å². The number of rotatable bonds is 7. The van der Waals surface area contributed by atoms with Gasteiger partial charge < -0.3 is 15.6 Å². The Morgan fingerprint density at radius 2 is 2.00 bits per heavy atom. The zero-order valence-electron chi connectivity index (χ0n) is 16.7. The summed E-state index contributed by atoms with van der Waals surface area (Å²) in [7, 11) is 3.68. The van der Waals surface area contributed by atoms with Crippen molar-refractivity contribution in [3.05, 3.63) is 26.6 Å². The van der Waals surface area contributed by atoms with Crippen molar-refractivity contribution in [2.45, 2.75) is 44.5 Å². The van der Waals surface area contributed by atoms with Crippen molar-refractivity contribution in [3.63, 3.8) is 0 Å². The average molecular weight is 420 g/mol. The molecule has 3 aromatic heterocycles. The van der Waals surface area contributed by atoms with E-state index in [0.717, 1.165) is 33.5 Å². The van der Waals surface area contributed by atoms with Crippen LogP contribution in [0.15, 0.2) is 9.95 Å². The molecular weight excluding hydrogens is 394 g/mol. The summed E-state index contributed by atoms with van der Waals surface area (Å²) in [6.45, 7) is 6.44. The van der Waals surface area contributed by atoms with Crippen LogP contribution < -0.4 is 16.2 Å². The lowest BCUT2D eigenvalue weighted by Crippen LogP contribution is -2.16. The maximum absolute atomic E-state index is 12.7. The van der Waals surface area contributed by atoms with E-state index >= 15 is 0 Å². The van der Waals surface area contributed by atoms with Crippen molar-refractivity contribution in [1.29, 1.82) is 0 Å². The zero-order chi connectivity index (χ0) is 20.4. The molecule has 3 aromatic rings. The largest absolute Gasteiger partial charge is 0.368 e. The Morgan fingerprint density at radius 3 is 2.68 bits per heavy atom. The lowest BCUT2D eigenvalue weighted by Gasteiger charge is -2.11. The van der Waals surface area contributed by atoms with Gasteiger partial charge in [-0.05, 0) is 24.8 Å². The molecule has 3 N–H and O–H groups in total. The molecule has 8 nitrogen and oxygen atoms in total. The summed E-state index contributed by atoms with van der Waals surface area (Å²) >= 11 is 2.96. The minimum atomic E-state index is -0.0840. The molecule has 28 heavy (non-hydrogen) atoms. The number of hydrogen-bond acceptors (Lipinski definition) is 9. The first-order valence-electron chi connectivity index (χ1n) is 9.11. The smallest absolute Gasteiger partial charge is 0.260 e. The van der Waals surface area contributed by atoms with Crippen LogP contribution in [-0.2, 0) is 12.2 Å². The molecule has 0 spiro atoms. The number of nitrogen functional groups attached to an aromatic ring is 1. The summed E-state index contributed by atoms with van der Waals surface area (Å²) in [5.74, 6) is 2.19. The number of nitrogens with two attached hydrogens (primary N) is 1. The third kappa shape index (κ3) is 4.44. The summed E-state index contributed by atoms with van der Waals surface area (Å²) in [5.41, 5.74) is 6.81. The number of nitrogens with zero attached hydrogens (tertiary/aromatic N) is 5. The molecule has 0 aromatic carbocycles. The number of fused-ring (bicyclic) bond motifs is 1. The van der Waals surface area contributed by atoms with Gasteiger partial charge >= 0.3 is 0 Å². The summed E-state index contributed by atoms with van der Waals surface area (Å²) < 4.78 is 0. The molecule has 10 heteroatoms. The highest BCUT2D eigenvalue weighted by atomic mass is 32.2. The number of H-pyrrole nitrogens is 1. The minimum absolute atomic E-state index is 0.0840. The van der Waals surface area contributed by atoms with Crippen molar-refractivity contribution >= 4 is 45.2 Å². The fourth-order valence-corrected chi connectivity index (χ4v) is 4.61. The lowest BCUT2D eigenvalue weighted by molar-refractivity contribution is 0.561. The molecule has 0 aliphatic carbocycles. The van der Waals surface area contributed by atoms with E-state index in [2.05, 4.69) is 45.7 Å². The fourth-order valence-electron chi connectivity index (χ4n) is 2.78. The molecule has 1 atom stereocenters. The van der Waals surface area contributed by atoms with Crippen LogP contribution in [-0.4, -0.2) is 39.0 Å². The van der Waals surface area contributed by atoms with Gasteiger partial charge in [0.05, 0.1) is 11.1 Å². The Hall–Kier alpha value is -2.20. The number of aromatic nitrogens is 5. The van der Waals surface area contributed by atoms with Crippen LogP contribution in [0.25, 0.3) is 10.2 Å². The van der Waals surface area contributed by atoms with E-state index in [1.807, 2.05) is 14.1 Å². The van der Waals surface area contributed by atoms with Crippen LogP contribution in [0.2, 0.25) is 0 Å². The van der Waals surface area contributed by atoms with Crippen LogP contribution in [0.3, 0.4) is 0 Å². The molecule has 150 valence electrons. The van der Waals surface area contributed by atoms with Gasteiger partial charge in [-0.25, -0.2) is 4.98 Å². The molecule has 0 saturated heterocycles. The predicted molar refractivity (Wildman–Crippen MR) is 116 cm³/mol. The van der Waals surface area contributed by atoms with Gasteiger partial charge in [0.25, 0.3) is 5.56 Å². The van der Waals surface area contributed by atoms with Gasteiger partial charge in [0.2, 0.25) is 11.9 Å². The molecule has 0 aliphatic rings. The Labute approximate surface area is 172 Å². The number of anilines is 2. The Morgan fingerprint density at radius 1 is 1.25 bits per heavy atom. The van der Waals surface area contributed by atoms with Crippen molar-refractivity contribution in [1.82, 2.24) is 24.9 Å². The first-order chi connectivity index (χ1) is 13.3. The van der Waals surface area contributed by atoms with Crippen molar-refractivity contribution < 1.29 is 0 Å². The molecule has 1 unspecified atom stereocenters. The standard InChI is InChI=1S/C18H25N7OS2/c1-6-9(2)7-11-10(3)28-15-13(11)14(26)22-18(23-15)27-8-12-20-16(19)24-17(21-12)25(4)5/h9H,6-8H2,1-5H3,(H,22,23,26)(H2,19,20,21,24). The number of aryl methyl sites for hydroxylation is 1. The monoisotopic (exact) mass is 419 g/mol. The van der Waals surface area contributed by atoms with E-state index in [0.29, 0.717) is 28.6 Å². The highest BCUT2D eigenvalue weighted by Crippen LogP contribution is 2.31. The quantitative estimate of drug-likeness (QED) is 0.444. The summed E-state index contributed by atoms with van der Waals surface area (Å²) in [6, 6.07) is 0. The Kier molecular flexibility index (Phi) is 6.19. The average Bonchev–Trinajstić information content (AvgIpc) is 2.95. The van der Waals surface area contributed by atoms with Gasteiger partial charge in [-0.15, -0.1) is 11.3 Å². The third-order valence-corrected chi connectivity index (χ3v) is 6.43. The predicted octanol–water partition coefficient (Wildman–Crippen LogP) is 3.01. The highest BCUT2D eigenvalue weighted by Gasteiger charge is 2.17. The zero-order valence-corrected chi connectivity index (χ0v) is 18.4. The molecule has 0 bridgehead atoms. The molecule has 0 saturated carbocycles. The number of thioether (sulfide) groups is 1. The van der Waals surface area contributed by atoms with E-state index in [1.54, 1.807) is 16.2 Å². The second kappa shape index (κ2) is 8.44. The molecule has 0 fully saturated rings. The van der Waals surface area contributed by atoms with Gasteiger partial charge in [-0.3, -0.25) is 4.79 Å². The van der Waals surface area contributed by atoms with E-state index in [1.165, 1.54) is 11.8 Å². The van der Waals surface area contributed by atoms with Gasteiger partial charge in [0.15, 0.2) is 5.16 Å². The SMILES string of the molecule is CCC(C)Cc1c(C)sc2nc(SCc3nc(N)nc(N(C)C)n3)[nH]c(=O)c12. The first-order valence-corrected chi connectivity index (χ1v) is 10.9. The molecule has 0 radical (unpaired) electrons. The normalized spacial score (nSPS) is 12.5. The molecule has 3 rings (SSSR count). The van der Waals surface area contributed by atoms with Crippen LogP contribution in [0.5, 0.6) is 0 Å². The van der Waals surface area contributed by atoms with Crippen LogP contribution >= 0.6 is 23.1 Å². The van der Waals surface area contributed by atoms with E-state index in [4.69, 9.17) is 5.73 Å². The van der Waals surface area contributed by atoms with Gasteiger partial charge in [0.1, 0.15) is 10.7 Å². The second-order valence-electron chi connectivity index (χ2n) is 7.00. The maximum atomic E-state index is 12.7. The number of thiophene rings is 1. The van der Waals surface area contributed by atoms with Gasteiger partial charge in [-0.1, -0.05) is 32.0 Å². The fraction of sp³-hybridized carbons (Fsp3) is 0.500. The van der Waals surface area contributed by atoms with Crippen LogP contribution in [0, 0.1) is 12.8 Å². The van der Waals surface area contributed by atoms with Crippen LogP contribution in [0.4, 0.5) is 11.9 Å². The summed E-state index contributed by atoms with van der Waals surface area (Å²) in [5, 5.41) is 1.28. The molecule has 0 aliphatic heterocycles. The summed E-state index contributed by atoms with van der Waals surface area (Å²) in [4.78, 5) is 36.7. The topological polar surface area (TPSA) is 114 Å². The number of hydrogen-bond donors (Lipinski definition) is 2. The van der Waals surface area contributed by atoms with Crippen molar-refractivity contribution in [2.75, 3.05) is 24.7 Å². The number of nitrogens with one attached hydrogen (secondary N) is 1. The number of aromatic amines is 1. The Bertz CT molecular complexity index is 1040. The third-order valence-electron chi connectivity index (χ3n) is 4.52. The van der Waals surface area contributed by atoms with Crippen molar-refractivity contribution in [2.24, 2.45) is 5.92 Å². The van der Waals surface area contributed by atoms with Gasteiger partial charge in [-0.2, -0.15) is 15.0 Å². The summed E-state index contributed by atoms with van der Waals surface area (Å²) in [6.07, 6.45) is 1.98. The van der Waals surface area contributed by atoms with Crippen molar-refractivity contribution in [3.8, 4) is 0 Å². The lowest BCUT2D eigenvalue weighted by atomic mass is 9.98. The molecular formula is C18H25N7OS2. The molecule has 3 heterocycles.